The Bertz CT molecular complexity index is 757. The van der Waals surface area contributed by atoms with Gasteiger partial charge in [-0.3, -0.25) is 15.6 Å². The summed E-state index contributed by atoms with van der Waals surface area (Å²) in [4.78, 5) is 12.9. The average Bonchev–Trinajstić information content (AvgIpc) is 2.71. The largest absolute Gasteiger partial charge is 0.493 e. The van der Waals surface area contributed by atoms with Gasteiger partial charge < -0.3 is 14.8 Å². The van der Waals surface area contributed by atoms with E-state index < -0.39 is 0 Å². The van der Waals surface area contributed by atoms with Crippen LogP contribution in [0.4, 0.5) is 0 Å². The fourth-order valence-electron chi connectivity index (χ4n) is 2.23. The second-order valence-corrected chi connectivity index (χ2v) is 6.93. The van der Waals surface area contributed by atoms with Gasteiger partial charge in [0.15, 0.2) is 16.6 Å². The number of hydrogen-bond donors (Lipinski definition) is 3. The van der Waals surface area contributed by atoms with Crippen molar-refractivity contribution in [1.82, 2.24) is 16.2 Å². The molecule has 1 amide bonds. The molecule has 8 heteroatoms. The second kappa shape index (κ2) is 11.3. The summed E-state index contributed by atoms with van der Waals surface area (Å²) in [5, 5.41) is 3.42. The van der Waals surface area contributed by atoms with Crippen molar-refractivity contribution in [3.8, 4) is 11.5 Å². The Morgan fingerprint density at radius 2 is 1.78 bits per heavy atom. The van der Waals surface area contributed by atoms with Crippen molar-refractivity contribution in [1.29, 1.82) is 0 Å². The molecule has 27 heavy (non-hydrogen) atoms. The zero-order valence-electron chi connectivity index (χ0n) is 15.3. The highest BCUT2D eigenvalue weighted by atomic mass is 32.2. The quantitative estimate of drug-likeness (QED) is 0.354. The molecule has 0 aliphatic heterocycles. The zero-order chi connectivity index (χ0) is 19.5. The number of rotatable bonds is 8. The Labute approximate surface area is 169 Å². The highest BCUT2D eigenvalue weighted by Crippen LogP contribution is 2.27. The molecular formula is C19H23N3O3S2. The van der Waals surface area contributed by atoms with Crippen LogP contribution in [0.1, 0.15) is 5.56 Å². The number of benzene rings is 2. The van der Waals surface area contributed by atoms with E-state index in [0.717, 1.165) is 16.9 Å². The third-order valence-corrected chi connectivity index (χ3v) is 4.83. The molecule has 0 unspecified atom stereocenters. The first kappa shape index (κ1) is 20.9. The molecule has 0 atom stereocenters. The number of methoxy groups -OCH3 is 2. The summed E-state index contributed by atoms with van der Waals surface area (Å²) >= 11 is 6.63. The van der Waals surface area contributed by atoms with Crippen LogP contribution in [0.2, 0.25) is 0 Å². The summed E-state index contributed by atoms with van der Waals surface area (Å²) in [7, 11) is 3.22. The molecule has 0 aromatic heterocycles. The maximum Gasteiger partial charge on any atom is 0.248 e. The third kappa shape index (κ3) is 7.36. The van der Waals surface area contributed by atoms with Gasteiger partial charge in [0.2, 0.25) is 5.91 Å². The van der Waals surface area contributed by atoms with Crippen LogP contribution in [-0.2, 0) is 11.2 Å². The van der Waals surface area contributed by atoms with E-state index >= 15 is 0 Å². The summed E-state index contributed by atoms with van der Waals surface area (Å²) in [5.74, 6) is 1.56. The number of carbonyl (C=O) groups excluding carboxylic acids is 1. The number of amides is 1. The van der Waals surface area contributed by atoms with Gasteiger partial charge in [0.25, 0.3) is 0 Å². The number of hydrazine groups is 1. The molecule has 144 valence electrons. The highest BCUT2D eigenvalue weighted by molar-refractivity contribution is 8.00. The molecule has 6 nitrogen and oxygen atoms in total. The Morgan fingerprint density at radius 1 is 1.04 bits per heavy atom. The molecule has 2 aromatic rings. The standard InChI is InChI=1S/C19H23N3O3S2/c1-24-16-9-8-14(12-17(16)25-2)10-11-20-19(26)22-21-18(23)13-27-15-6-4-3-5-7-15/h3-9,12H,10-11,13H2,1-2H3,(H,21,23)(H2,20,22,26). The van der Waals surface area contributed by atoms with Gasteiger partial charge in [0, 0.05) is 11.4 Å². The molecule has 0 radical (unpaired) electrons. The predicted molar refractivity (Wildman–Crippen MR) is 112 cm³/mol. The van der Waals surface area contributed by atoms with Crippen LogP contribution < -0.4 is 25.6 Å². The van der Waals surface area contributed by atoms with Crippen molar-refractivity contribution in [2.75, 3.05) is 26.5 Å². The van der Waals surface area contributed by atoms with Gasteiger partial charge in [0.05, 0.1) is 20.0 Å². The van der Waals surface area contributed by atoms with Crippen LogP contribution in [0.15, 0.2) is 53.4 Å². The Hall–Kier alpha value is -2.45. The molecule has 0 fully saturated rings. The molecular weight excluding hydrogens is 382 g/mol. The lowest BCUT2D eigenvalue weighted by atomic mass is 10.1. The molecule has 0 heterocycles. The minimum absolute atomic E-state index is 0.145. The molecule has 0 saturated carbocycles. The van der Waals surface area contributed by atoms with E-state index in [-0.39, 0.29) is 5.91 Å². The van der Waals surface area contributed by atoms with E-state index in [2.05, 4.69) is 16.2 Å². The predicted octanol–water partition coefficient (Wildman–Crippen LogP) is 2.53. The summed E-state index contributed by atoms with van der Waals surface area (Å²) in [6.45, 7) is 0.621. The number of thiocarbonyl (C=S) groups is 1. The molecule has 0 aliphatic carbocycles. The van der Waals surface area contributed by atoms with Gasteiger partial charge in [0.1, 0.15) is 0 Å². The average molecular weight is 406 g/mol. The topological polar surface area (TPSA) is 71.6 Å². The van der Waals surface area contributed by atoms with E-state index in [1.165, 1.54) is 11.8 Å². The van der Waals surface area contributed by atoms with Crippen LogP contribution in [0.5, 0.6) is 11.5 Å². The summed E-state index contributed by atoms with van der Waals surface area (Å²) in [6.07, 6.45) is 0.750. The first-order valence-electron chi connectivity index (χ1n) is 8.34. The lowest BCUT2D eigenvalue weighted by Gasteiger charge is -2.12. The molecule has 0 saturated heterocycles. The molecule has 0 spiro atoms. The van der Waals surface area contributed by atoms with Crippen LogP contribution in [0.25, 0.3) is 0 Å². The van der Waals surface area contributed by atoms with Crippen molar-refractivity contribution >= 4 is 35.0 Å². The van der Waals surface area contributed by atoms with Crippen LogP contribution in [0.3, 0.4) is 0 Å². The lowest BCUT2D eigenvalue weighted by Crippen LogP contribution is -2.47. The van der Waals surface area contributed by atoms with E-state index in [9.17, 15) is 4.79 Å². The summed E-state index contributed by atoms with van der Waals surface area (Å²) in [6, 6.07) is 15.5. The first-order valence-corrected chi connectivity index (χ1v) is 9.73. The Kier molecular flexibility index (Phi) is 8.73. The van der Waals surface area contributed by atoms with Crippen LogP contribution in [0, 0.1) is 0 Å². The van der Waals surface area contributed by atoms with Crippen LogP contribution >= 0.6 is 24.0 Å². The molecule has 2 aromatic carbocycles. The van der Waals surface area contributed by atoms with Gasteiger partial charge in [-0.05, 0) is 48.5 Å². The first-order chi connectivity index (χ1) is 13.1. The van der Waals surface area contributed by atoms with E-state index in [1.807, 2.05) is 48.5 Å². The second-order valence-electron chi connectivity index (χ2n) is 5.47. The van der Waals surface area contributed by atoms with E-state index in [4.69, 9.17) is 21.7 Å². The normalized spacial score (nSPS) is 10.0. The van der Waals surface area contributed by atoms with Crippen molar-refractivity contribution in [2.24, 2.45) is 0 Å². The van der Waals surface area contributed by atoms with Gasteiger partial charge >= 0.3 is 0 Å². The molecule has 2 rings (SSSR count). The lowest BCUT2D eigenvalue weighted by molar-refractivity contribution is -0.119. The van der Waals surface area contributed by atoms with Crippen molar-refractivity contribution in [2.45, 2.75) is 11.3 Å². The highest BCUT2D eigenvalue weighted by Gasteiger charge is 2.06. The summed E-state index contributed by atoms with van der Waals surface area (Å²) < 4.78 is 10.5. The number of thioether (sulfide) groups is 1. The fraction of sp³-hybridized carbons (Fsp3) is 0.263. The number of carbonyl (C=O) groups is 1. The van der Waals surface area contributed by atoms with Gasteiger partial charge in [-0.15, -0.1) is 11.8 Å². The van der Waals surface area contributed by atoms with E-state index in [0.29, 0.717) is 28.9 Å². The maximum absolute atomic E-state index is 11.8. The Morgan fingerprint density at radius 3 is 2.48 bits per heavy atom. The van der Waals surface area contributed by atoms with Gasteiger partial charge in [-0.25, -0.2) is 0 Å². The van der Waals surface area contributed by atoms with Crippen molar-refractivity contribution in [3.63, 3.8) is 0 Å². The van der Waals surface area contributed by atoms with Crippen molar-refractivity contribution in [3.05, 3.63) is 54.1 Å². The molecule has 0 bridgehead atoms. The fourth-order valence-corrected chi connectivity index (χ4v) is 3.10. The maximum atomic E-state index is 11.8. The third-order valence-electron chi connectivity index (χ3n) is 3.58. The summed E-state index contributed by atoms with van der Waals surface area (Å²) in [5.41, 5.74) is 6.38. The van der Waals surface area contributed by atoms with Gasteiger partial charge in [-0.2, -0.15) is 0 Å². The number of nitrogens with one attached hydrogen (secondary N) is 3. The van der Waals surface area contributed by atoms with Crippen molar-refractivity contribution < 1.29 is 14.3 Å². The van der Waals surface area contributed by atoms with Crippen LogP contribution in [-0.4, -0.2) is 37.5 Å². The van der Waals surface area contributed by atoms with Gasteiger partial charge in [-0.1, -0.05) is 24.3 Å². The Balaban J connectivity index is 1.65. The molecule has 3 N–H and O–H groups in total. The number of ether oxygens (including phenoxy) is 2. The smallest absolute Gasteiger partial charge is 0.248 e. The SMILES string of the molecule is COc1ccc(CCNC(=S)NNC(=O)CSc2ccccc2)cc1OC. The zero-order valence-corrected chi connectivity index (χ0v) is 16.9. The monoisotopic (exact) mass is 405 g/mol. The minimum Gasteiger partial charge on any atom is -0.493 e. The van der Waals surface area contributed by atoms with E-state index in [1.54, 1.807) is 14.2 Å². The number of hydrogen-bond acceptors (Lipinski definition) is 5. The minimum atomic E-state index is -0.145. The molecule has 0 aliphatic rings.